The normalized spacial score (nSPS) is 11.8. The van der Waals surface area contributed by atoms with Crippen molar-refractivity contribution in [3.8, 4) is 0 Å². The van der Waals surface area contributed by atoms with E-state index in [4.69, 9.17) is 4.74 Å². The second-order valence-electron chi connectivity index (χ2n) is 10.2. The van der Waals surface area contributed by atoms with E-state index in [9.17, 15) is 14.4 Å². The van der Waals surface area contributed by atoms with E-state index in [1.54, 1.807) is 0 Å². The highest BCUT2D eigenvalue weighted by atomic mass is 16.5. The van der Waals surface area contributed by atoms with Crippen molar-refractivity contribution in [1.29, 1.82) is 0 Å². The van der Waals surface area contributed by atoms with E-state index in [-0.39, 0.29) is 17.8 Å². The first kappa shape index (κ1) is 34.4. The maximum Gasteiger partial charge on any atom is 0.328 e. The molecule has 0 aliphatic carbocycles. The average molecular weight is 511 g/mol. The second-order valence-corrected chi connectivity index (χ2v) is 10.2. The number of hydrogen-bond acceptors (Lipinski definition) is 4. The molecule has 0 aliphatic rings. The molecule has 0 unspecified atom stereocenters. The molecule has 1 atom stereocenters. The largest absolute Gasteiger partial charge is 0.464 e. The fourth-order valence-corrected chi connectivity index (χ4v) is 4.21. The van der Waals surface area contributed by atoms with Crippen LogP contribution in [0.5, 0.6) is 0 Å². The molecular formula is C30H58N2O4. The maximum atomic E-state index is 12.5. The van der Waals surface area contributed by atoms with Crippen molar-refractivity contribution in [3.05, 3.63) is 0 Å². The molecule has 0 spiro atoms. The van der Waals surface area contributed by atoms with Gasteiger partial charge in [-0.2, -0.15) is 0 Å². The molecule has 0 aliphatic heterocycles. The van der Waals surface area contributed by atoms with Gasteiger partial charge in [0.25, 0.3) is 0 Å². The molecule has 0 bridgehead atoms. The van der Waals surface area contributed by atoms with Crippen LogP contribution in [0.4, 0.5) is 0 Å². The van der Waals surface area contributed by atoms with Gasteiger partial charge in [0.1, 0.15) is 6.04 Å². The van der Waals surface area contributed by atoms with Crippen molar-refractivity contribution in [3.63, 3.8) is 0 Å². The van der Waals surface area contributed by atoms with Crippen molar-refractivity contribution < 1.29 is 19.1 Å². The third-order valence-corrected chi connectivity index (χ3v) is 6.62. The minimum absolute atomic E-state index is 0.0711. The van der Waals surface area contributed by atoms with Gasteiger partial charge in [-0.15, -0.1) is 0 Å². The van der Waals surface area contributed by atoms with E-state index in [0.29, 0.717) is 32.4 Å². The summed E-state index contributed by atoms with van der Waals surface area (Å²) in [5.74, 6) is -0.291. The number of unbranched alkanes of at least 4 members (excludes halogenated alkanes) is 14. The van der Waals surface area contributed by atoms with Gasteiger partial charge in [0.15, 0.2) is 0 Å². The van der Waals surface area contributed by atoms with Crippen molar-refractivity contribution in [1.82, 2.24) is 10.6 Å². The summed E-state index contributed by atoms with van der Waals surface area (Å²) >= 11 is 0. The Morgan fingerprint density at radius 1 is 0.583 bits per heavy atom. The Balaban J connectivity index is 4.05. The topological polar surface area (TPSA) is 84.5 Å². The molecule has 0 aromatic carbocycles. The van der Waals surface area contributed by atoms with Crippen LogP contribution >= 0.6 is 0 Å². The number of amides is 2. The highest BCUT2D eigenvalue weighted by Gasteiger charge is 2.21. The number of hydrogen-bond donors (Lipinski definition) is 2. The molecular weight excluding hydrogens is 452 g/mol. The zero-order valence-electron chi connectivity index (χ0n) is 24.0. The number of rotatable bonds is 26. The molecule has 2 N–H and O–H groups in total. The summed E-state index contributed by atoms with van der Waals surface area (Å²) in [4.78, 5) is 36.9. The van der Waals surface area contributed by atoms with Gasteiger partial charge in [0.05, 0.1) is 6.61 Å². The van der Waals surface area contributed by atoms with E-state index < -0.39 is 6.04 Å². The van der Waals surface area contributed by atoms with Crippen LogP contribution in [0.1, 0.15) is 156 Å². The maximum absolute atomic E-state index is 12.5. The van der Waals surface area contributed by atoms with Gasteiger partial charge in [-0.3, -0.25) is 9.59 Å². The van der Waals surface area contributed by atoms with Crippen molar-refractivity contribution in [2.45, 2.75) is 162 Å². The number of carbonyl (C=O) groups excluding carboxylic acids is 3. The molecule has 0 rings (SSSR count). The Morgan fingerprint density at radius 3 is 1.64 bits per heavy atom. The quantitative estimate of drug-likeness (QED) is 0.0939. The van der Waals surface area contributed by atoms with E-state index >= 15 is 0 Å². The van der Waals surface area contributed by atoms with Crippen molar-refractivity contribution in [2.24, 2.45) is 0 Å². The van der Waals surface area contributed by atoms with Crippen molar-refractivity contribution in [2.75, 3.05) is 13.2 Å². The molecule has 0 aromatic heterocycles. The zero-order valence-corrected chi connectivity index (χ0v) is 24.0. The van der Waals surface area contributed by atoms with Gasteiger partial charge in [0.2, 0.25) is 11.8 Å². The van der Waals surface area contributed by atoms with E-state index in [2.05, 4.69) is 31.4 Å². The monoisotopic (exact) mass is 510 g/mol. The van der Waals surface area contributed by atoms with Crippen LogP contribution in [0.3, 0.4) is 0 Å². The van der Waals surface area contributed by atoms with Gasteiger partial charge >= 0.3 is 5.97 Å². The summed E-state index contributed by atoms with van der Waals surface area (Å²) in [5.41, 5.74) is 0. The van der Waals surface area contributed by atoms with Crippen LogP contribution in [0.25, 0.3) is 0 Å². The lowest BCUT2D eigenvalue weighted by atomic mass is 10.1. The Morgan fingerprint density at radius 2 is 1.08 bits per heavy atom. The molecule has 0 saturated heterocycles. The van der Waals surface area contributed by atoms with Gasteiger partial charge < -0.3 is 15.4 Å². The Labute approximate surface area is 222 Å². The second kappa shape index (κ2) is 26.5. The van der Waals surface area contributed by atoms with Gasteiger partial charge in [0, 0.05) is 19.4 Å². The molecule has 6 heteroatoms. The van der Waals surface area contributed by atoms with Gasteiger partial charge in [-0.05, 0) is 38.5 Å². The molecule has 0 aromatic rings. The molecule has 0 heterocycles. The fourth-order valence-electron chi connectivity index (χ4n) is 4.21. The van der Waals surface area contributed by atoms with Crippen LogP contribution in [0.2, 0.25) is 0 Å². The smallest absolute Gasteiger partial charge is 0.328 e. The summed E-state index contributed by atoms with van der Waals surface area (Å²) in [6.07, 6.45) is 21.6. The molecule has 212 valence electrons. The van der Waals surface area contributed by atoms with Crippen LogP contribution in [0, 0.1) is 0 Å². The number of ether oxygens (including phenoxy) is 1. The Hall–Kier alpha value is -1.59. The zero-order chi connectivity index (χ0) is 26.7. The molecule has 2 amide bonds. The van der Waals surface area contributed by atoms with Crippen LogP contribution in [-0.2, 0) is 19.1 Å². The lowest BCUT2D eigenvalue weighted by Crippen LogP contribution is -2.42. The number of nitrogens with one attached hydrogen (secondary N) is 2. The van der Waals surface area contributed by atoms with Crippen LogP contribution in [0.15, 0.2) is 0 Å². The summed E-state index contributed by atoms with van der Waals surface area (Å²) in [5, 5.41) is 5.89. The minimum Gasteiger partial charge on any atom is -0.464 e. The summed E-state index contributed by atoms with van der Waals surface area (Å²) < 4.78 is 5.37. The summed E-state index contributed by atoms with van der Waals surface area (Å²) in [6.45, 7) is 7.47. The number of carbonyl (C=O) groups is 3. The summed E-state index contributed by atoms with van der Waals surface area (Å²) in [7, 11) is 0. The first-order valence-corrected chi connectivity index (χ1v) is 15.3. The highest BCUT2D eigenvalue weighted by molar-refractivity contribution is 5.84. The minimum atomic E-state index is -0.595. The first-order chi connectivity index (χ1) is 17.5. The summed E-state index contributed by atoms with van der Waals surface area (Å²) in [6, 6.07) is -0.595. The van der Waals surface area contributed by atoms with Crippen molar-refractivity contribution >= 4 is 17.8 Å². The molecule has 0 radical (unpaired) electrons. The molecule has 0 saturated carbocycles. The van der Waals surface area contributed by atoms with Crippen LogP contribution in [-0.4, -0.2) is 37.0 Å². The average Bonchev–Trinajstić information content (AvgIpc) is 2.86. The van der Waals surface area contributed by atoms with Crippen LogP contribution < -0.4 is 10.6 Å². The molecule has 0 fully saturated rings. The Kier molecular flexibility index (Phi) is 25.3. The highest BCUT2D eigenvalue weighted by Crippen LogP contribution is 2.11. The SMILES string of the molecule is CCCCCCCCCCCC(=O)NCCCC[C@H](NC(=O)CCCCCCC)C(=O)OCCCC. The Bertz CT molecular complexity index is 539. The predicted octanol–water partition coefficient (Wildman–Crippen LogP) is 7.38. The lowest BCUT2D eigenvalue weighted by molar-refractivity contribution is -0.148. The molecule has 36 heavy (non-hydrogen) atoms. The first-order valence-electron chi connectivity index (χ1n) is 15.3. The predicted molar refractivity (Wildman–Crippen MR) is 150 cm³/mol. The lowest BCUT2D eigenvalue weighted by Gasteiger charge is -2.18. The van der Waals surface area contributed by atoms with E-state index in [1.165, 1.54) is 57.8 Å². The third-order valence-electron chi connectivity index (χ3n) is 6.62. The fraction of sp³-hybridized carbons (Fsp3) is 0.900. The standard InChI is InChI=1S/C30H58N2O4/c1-4-7-10-12-13-14-15-17-18-23-28(33)31-25-21-20-22-27(30(35)36-26-9-6-3)32-29(34)24-19-16-11-8-5-2/h27H,4-26H2,1-3H3,(H,31,33)(H,32,34)/t27-/m0/s1. The van der Waals surface area contributed by atoms with Gasteiger partial charge in [-0.1, -0.05) is 104 Å². The number of esters is 1. The van der Waals surface area contributed by atoms with E-state index in [1.807, 2.05) is 0 Å². The molecule has 6 nitrogen and oxygen atoms in total. The third kappa shape index (κ3) is 22.8. The van der Waals surface area contributed by atoms with E-state index in [0.717, 1.165) is 57.8 Å². The van der Waals surface area contributed by atoms with Gasteiger partial charge in [-0.25, -0.2) is 4.79 Å².